The van der Waals surface area contributed by atoms with E-state index in [1.54, 1.807) is 0 Å². The number of ether oxygens (including phenoxy) is 2. The third-order valence-electron chi connectivity index (χ3n) is 2.27. The third kappa shape index (κ3) is 3.10. The van der Waals surface area contributed by atoms with Gasteiger partial charge in [-0.3, -0.25) is 0 Å². The Balaban J connectivity index is 1.99. The van der Waals surface area contributed by atoms with Crippen molar-refractivity contribution in [1.29, 1.82) is 0 Å². The first kappa shape index (κ1) is 12.6. The molecule has 0 atom stereocenters. The van der Waals surface area contributed by atoms with E-state index in [2.05, 4.69) is 14.9 Å². The van der Waals surface area contributed by atoms with Gasteiger partial charge in [0.2, 0.25) is 0 Å². The zero-order chi connectivity index (χ0) is 12.8. The first-order valence-electron chi connectivity index (χ1n) is 5.68. The first-order valence-corrected chi connectivity index (χ1v) is 6.45. The monoisotopic (exact) mass is 265 g/mol. The van der Waals surface area contributed by atoms with Crippen LogP contribution in [0.15, 0.2) is 24.3 Å². The van der Waals surface area contributed by atoms with Gasteiger partial charge >= 0.3 is 0 Å². The Morgan fingerprint density at radius 3 is 2.78 bits per heavy atom. The van der Waals surface area contributed by atoms with Crippen LogP contribution in [-0.2, 0) is 6.61 Å². The molecule has 0 saturated carbocycles. The van der Waals surface area contributed by atoms with Gasteiger partial charge in [0.1, 0.15) is 28.8 Å². The van der Waals surface area contributed by atoms with Crippen LogP contribution >= 0.6 is 11.5 Å². The van der Waals surface area contributed by atoms with E-state index in [0.29, 0.717) is 13.2 Å². The van der Waals surface area contributed by atoms with Crippen LogP contribution in [0.2, 0.25) is 0 Å². The molecule has 1 aromatic heterocycles. The molecule has 0 saturated heterocycles. The zero-order valence-electron chi connectivity index (χ0n) is 10.3. The molecule has 96 valence electrons. The minimum Gasteiger partial charge on any atom is -0.494 e. The molecule has 0 aliphatic rings. The Kier molecular flexibility index (Phi) is 4.35. The third-order valence-corrected chi connectivity index (χ3v) is 3.06. The second-order valence-electron chi connectivity index (χ2n) is 3.50. The normalized spacial score (nSPS) is 10.1. The highest BCUT2D eigenvalue weighted by atomic mass is 32.1. The SMILES string of the molecule is CCOc1cccc(OCc2nnsc2NC)c1. The molecule has 0 bridgehead atoms. The Bertz CT molecular complexity index is 502. The van der Waals surface area contributed by atoms with Crippen LogP contribution in [0.4, 0.5) is 5.00 Å². The van der Waals surface area contributed by atoms with Crippen LogP contribution in [-0.4, -0.2) is 23.2 Å². The van der Waals surface area contributed by atoms with Crippen LogP contribution in [0, 0.1) is 0 Å². The van der Waals surface area contributed by atoms with Gasteiger partial charge < -0.3 is 14.8 Å². The van der Waals surface area contributed by atoms with Gasteiger partial charge in [-0.2, -0.15) is 0 Å². The largest absolute Gasteiger partial charge is 0.494 e. The predicted molar refractivity (Wildman–Crippen MR) is 71.4 cm³/mol. The fourth-order valence-electron chi connectivity index (χ4n) is 1.47. The summed E-state index contributed by atoms with van der Waals surface area (Å²) < 4.78 is 15.0. The molecule has 2 aromatic rings. The van der Waals surface area contributed by atoms with Gasteiger partial charge in [-0.1, -0.05) is 10.6 Å². The van der Waals surface area contributed by atoms with Crippen molar-refractivity contribution >= 4 is 16.5 Å². The second kappa shape index (κ2) is 6.20. The van der Waals surface area contributed by atoms with E-state index in [1.165, 1.54) is 11.5 Å². The van der Waals surface area contributed by atoms with Gasteiger partial charge in [0.25, 0.3) is 0 Å². The van der Waals surface area contributed by atoms with E-state index in [-0.39, 0.29) is 0 Å². The molecular formula is C12H15N3O2S. The van der Waals surface area contributed by atoms with E-state index in [1.807, 2.05) is 38.2 Å². The fourth-order valence-corrected chi connectivity index (χ4v) is 1.98. The maximum atomic E-state index is 5.66. The molecule has 0 aliphatic carbocycles. The Morgan fingerprint density at radius 2 is 2.06 bits per heavy atom. The Hall–Kier alpha value is -1.82. The molecule has 0 radical (unpaired) electrons. The van der Waals surface area contributed by atoms with E-state index < -0.39 is 0 Å². The van der Waals surface area contributed by atoms with E-state index in [0.717, 1.165) is 22.2 Å². The molecule has 2 rings (SSSR count). The summed E-state index contributed by atoms with van der Waals surface area (Å²) in [7, 11) is 1.84. The van der Waals surface area contributed by atoms with Crippen molar-refractivity contribution in [2.75, 3.05) is 19.0 Å². The van der Waals surface area contributed by atoms with Crippen molar-refractivity contribution in [1.82, 2.24) is 9.59 Å². The number of hydrogen-bond acceptors (Lipinski definition) is 6. The van der Waals surface area contributed by atoms with Crippen molar-refractivity contribution in [2.24, 2.45) is 0 Å². The van der Waals surface area contributed by atoms with Crippen molar-refractivity contribution in [3.8, 4) is 11.5 Å². The van der Waals surface area contributed by atoms with Crippen LogP contribution in [0.5, 0.6) is 11.5 Å². The lowest BCUT2D eigenvalue weighted by atomic mass is 10.3. The molecule has 0 unspecified atom stereocenters. The fraction of sp³-hybridized carbons (Fsp3) is 0.333. The molecule has 0 aliphatic heterocycles. The quantitative estimate of drug-likeness (QED) is 0.870. The summed E-state index contributed by atoms with van der Waals surface area (Å²) in [5.74, 6) is 1.57. The van der Waals surface area contributed by atoms with Crippen molar-refractivity contribution < 1.29 is 9.47 Å². The van der Waals surface area contributed by atoms with Crippen LogP contribution in [0.25, 0.3) is 0 Å². The summed E-state index contributed by atoms with van der Waals surface area (Å²) in [5, 5.41) is 7.97. The Morgan fingerprint density at radius 1 is 1.28 bits per heavy atom. The highest BCUT2D eigenvalue weighted by molar-refractivity contribution is 7.10. The first-order chi connectivity index (χ1) is 8.83. The van der Waals surface area contributed by atoms with Crippen LogP contribution in [0.3, 0.4) is 0 Å². The number of hydrogen-bond donors (Lipinski definition) is 1. The number of aromatic nitrogens is 2. The molecule has 0 fully saturated rings. The minimum atomic E-state index is 0.391. The standard InChI is InChI=1S/C12H15N3O2S/c1-3-16-9-5-4-6-10(7-9)17-8-11-12(13-2)18-15-14-11/h4-7,13H,3,8H2,1-2H3. The highest BCUT2D eigenvalue weighted by Gasteiger charge is 2.07. The topological polar surface area (TPSA) is 56.3 Å². The number of nitrogens with zero attached hydrogens (tertiary/aromatic N) is 2. The average molecular weight is 265 g/mol. The maximum absolute atomic E-state index is 5.66. The smallest absolute Gasteiger partial charge is 0.136 e. The number of nitrogens with one attached hydrogen (secondary N) is 1. The molecule has 18 heavy (non-hydrogen) atoms. The predicted octanol–water partition coefficient (Wildman–Crippen LogP) is 2.56. The highest BCUT2D eigenvalue weighted by Crippen LogP contribution is 2.22. The second-order valence-corrected chi connectivity index (χ2v) is 4.25. The lowest BCUT2D eigenvalue weighted by Gasteiger charge is -2.07. The van der Waals surface area contributed by atoms with Crippen molar-refractivity contribution in [3.63, 3.8) is 0 Å². The van der Waals surface area contributed by atoms with Gasteiger partial charge in [0, 0.05) is 24.6 Å². The molecular weight excluding hydrogens is 250 g/mol. The summed E-state index contributed by atoms with van der Waals surface area (Å²) in [6, 6.07) is 7.56. The van der Waals surface area contributed by atoms with E-state index in [9.17, 15) is 0 Å². The zero-order valence-corrected chi connectivity index (χ0v) is 11.2. The summed E-state index contributed by atoms with van der Waals surface area (Å²) in [6.07, 6.45) is 0. The number of rotatable bonds is 6. The summed E-state index contributed by atoms with van der Waals surface area (Å²) in [6.45, 7) is 2.99. The average Bonchev–Trinajstić information content (AvgIpc) is 2.84. The maximum Gasteiger partial charge on any atom is 0.136 e. The van der Waals surface area contributed by atoms with Gasteiger partial charge in [0.15, 0.2) is 0 Å². The summed E-state index contributed by atoms with van der Waals surface area (Å²) >= 11 is 1.32. The van der Waals surface area contributed by atoms with E-state index in [4.69, 9.17) is 9.47 Å². The molecule has 5 nitrogen and oxygen atoms in total. The lowest BCUT2D eigenvalue weighted by molar-refractivity contribution is 0.296. The summed E-state index contributed by atoms with van der Waals surface area (Å²) in [5.41, 5.74) is 0.810. The molecule has 6 heteroatoms. The van der Waals surface area contributed by atoms with Crippen LogP contribution < -0.4 is 14.8 Å². The molecule has 1 heterocycles. The molecule has 1 N–H and O–H groups in total. The van der Waals surface area contributed by atoms with Gasteiger partial charge in [-0.25, -0.2) is 0 Å². The van der Waals surface area contributed by atoms with E-state index >= 15 is 0 Å². The summed E-state index contributed by atoms with van der Waals surface area (Å²) in [4.78, 5) is 0. The number of anilines is 1. The minimum absolute atomic E-state index is 0.391. The molecule has 1 aromatic carbocycles. The molecule has 0 spiro atoms. The van der Waals surface area contributed by atoms with Crippen molar-refractivity contribution in [3.05, 3.63) is 30.0 Å². The lowest BCUT2D eigenvalue weighted by Crippen LogP contribution is -2.00. The van der Waals surface area contributed by atoms with Gasteiger partial charge in [-0.05, 0) is 19.1 Å². The molecule has 0 amide bonds. The van der Waals surface area contributed by atoms with Gasteiger partial charge in [-0.15, -0.1) is 5.10 Å². The van der Waals surface area contributed by atoms with Gasteiger partial charge in [0.05, 0.1) is 6.61 Å². The van der Waals surface area contributed by atoms with Crippen LogP contribution in [0.1, 0.15) is 12.6 Å². The van der Waals surface area contributed by atoms with Crippen molar-refractivity contribution in [2.45, 2.75) is 13.5 Å². The number of benzene rings is 1. The Labute approximate surface area is 110 Å².